The van der Waals surface area contributed by atoms with E-state index < -0.39 is 0 Å². The van der Waals surface area contributed by atoms with Gasteiger partial charge < -0.3 is 8.94 Å². The zero-order valence-electron chi connectivity index (χ0n) is 15.9. The Morgan fingerprint density at radius 1 is 1.36 bits per heavy atom. The number of piperidine rings is 1. The number of hydrogen-bond acceptors (Lipinski definition) is 7. The summed E-state index contributed by atoms with van der Waals surface area (Å²) in [6.07, 6.45) is 4.21. The van der Waals surface area contributed by atoms with E-state index in [-0.39, 0.29) is 5.41 Å². The highest BCUT2D eigenvalue weighted by molar-refractivity contribution is 5.06. The maximum Gasteiger partial charge on any atom is 0.223 e. The minimum absolute atomic E-state index is 0.00577. The summed E-state index contributed by atoms with van der Waals surface area (Å²) in [7, 11) is 2.15. The van der Waals surface area contributed by atoms with Gasteiger partial charge in [-0.15, -0.1) is 0 Å². The molecule has 0 bridgehead atoms. The highest BCUT2D eigenvalue weighted by Gasteiger charge is 2.26. The monoisotopic (exact) mass is 347 g/mol. The summed E-state index contributed by atoms with van der Waals surface area (Å²) in [6.45, 7) is 11.8. The van der Waals surface area contributed by atoms with Crippen LogP contribution in [-0.4, -0.2) is 51.1 Å². The lowest BCUT2D eigenvalue weighted by molar-refractivity contribution is 0.0982. The molecule has 25 heavy (non-hydrogen) atoms. The number of aromatic nitrogens is 3. The zero-order chi connectivity index (χ0) is 18.0. The molecule has 1 fully saturated rings. The van der Waals surface area contributed by atoms with Crippen molar-refractivity contribution in [2.45, 2.75) is 65.1 Å². The number of hydrogen-bond donors (Lipinski definition) is 0. The van der Waals surface area contributed by atoms with E-state index in [9.17, 15) is 0 Å². The van der Waals surface area contributed by atoms with Crippen LogP contribution in [0.15, 0.2) is 15.1 Å². The number of oxazole rings is 1. The highest BCUT2D eigenvalue weighted by atomic mass is 16.5. The number of rotatable bonds is 5. The topological polar surface area (TPSA) is 71.4 Å². The van der Waals surface area contributed by atoms with E-state index in [1.807, 2.05) is 13.1 Å². The van der Waals surface area contributed by atoms with Gasteiger partial charge in [-0.05, 0) is 26.4 Å². The Kier molecular flexibility index (Phi) is 5.24. The van der Waals surface area contributed by atoms with Crippen LogP contribution in [0, 0.1) is 6.92 Å². The van der Waals surface area contributed by atoms with Gasteiger partial charge in [-0.2, -0.15) is 4.98 Å². The number of nitrogens with zero attached hydrogens (tertiary/aromatic N) is 5. The molecule has 7 nitrogen and oxygen atoms in total. The Balaban J connectivity index is 1.56. The van der Waals surface area contributed by atoms with Gasteiger partial charge in [0.1, 0.15) is 5.76 Å². The van der Waals surface area contributed by atoms with E-state index in [4.69, 9.17) is 8.94 Å². The fourth-order valence-corrected chi connectivity index (χ4v) is 3.21. The lowest BCUT2D eigenvalue weighted by Crippen LogP contribution is -2.45. The number of likely N-dealkylation sites (N-methyl/N-ethyl adjacent to an activating group) is 1. The van der Waals surface area contributed by atoms with Crippen molar-refractivity contribution in [2.24, 2.45) is 0 Å². The summed E-state index contributed by atoms with van der Waals surface area (Å²) in [5, 5.41) is 4.01. The molecule has 1 saturated heterocycles. The van der Waals surface area contributed by atoms with Crippen molar-refractivity contribution in [1.29, 1.82) is 0 Å². The SMILES string of the molecule is Cc1nc(CN2CCC[C@H](N(C)Cc3ncc(C(C)(C)C)o3)C2)no1. The van der Waals surface area contributed by atoms with E-state index in [1.165, 1.54) is 12.8 Å². The van der Waals surface area contributed by atoms with Crippen LogP contribution in [0.4, 0.5) is 0 Å². The van der Waals surface area contributed by atoms with Gasteiger partial charge in [0, 0.05) is 24.9 Å². The van der Waals surface area contributed by atoms with Crippen LogP contribution in [0.25, 0.3) is 0 Å². The first-order valence-electron chi connectivity index (χ1n) is 8.98. The Bertz CT molecular complexity index is 688. The molecular formula is C18H29N5O2. The smallest absolute Gasteiger partial charge is 0.223 e. The average Bonchev–Trinajstić information content (AvgIpc) is 3.16. The summed E-state index contributed by atoms with van der Waals surface area (Å²) in [6, 6.07) is 0.478. The molecule has 0 saturated carbocycles. The Morgan fingerprint density at radius 2 is 2.16 bits per heavy atom. The van der Waals surface area contributed by atoms with Gasteiger partial charge in [0.15, 0.2) is 5.82 Å². The van der Waals surface area contributed by atoms with Crippen LogP contribution in [-0.2, 0) is 18.5 Å². The minimum Gasteiger partial charge on any atom is -0.444 e. The molecule has 0 aromatic carbocycles. The second kappa shape index (κ2) is 7.25. The standard InChI is InChI=1S/C18H29N5O2/c1-13-20-16(21-25-13)11-23-8-6-7-14(10-23)22(5)12-17-19-9-15(24-17)18(2,3)4/h9,14H,6-8,10-12H2,1-5H3/t14-/m0/s1. The molecule has 3 rings (SSSR count). The molecule has 0 amide bonds. The van der Waals surface area contributed by atoms with E-state index in [0.717, 1.165) is 43.7 Å². The fraction of sp³-hybridized carbons (Fsp3) is 0.722. The Labute approximate surface area is 149 Å². The minimum atomic E-state index is -0.00577. The van der Waals surface area contributed by atoms with Crippen LogP contribution >= 0.6 is 0 Å². The van der Waals surface area contributed by atoms with Crippen LogP contribution < -0.4 is 0 Å². The fourth-order valence-electron chi connectivity index (χ4n) is 3.21. The summed E-state index contributed by atoms with van der Waals surface area (Å²) in [5.74, 6) is 3.12. The van der Waals surface area contributed by atoms with Crippen LogP contribution in [0.3, 0.4) is 0 Å². The molecule has 2 aromatic heterocycles. The van der Waals surface area contributed by atoms with Crippen molar-refractivity contribution >= 4 is 0 Å². The summed E-state index contributed by atoms with van der Waals surface area (Å²) in [5.41, 5.74) is -0.00577. The summed E-state index contributed by atoms with van der Waals surface area (Å²) >= 11 is 0. The molecule has 3 heterocycles. The first-order chi connectivity index (χ1) is 11.8. The van der Waals surface area contributed by atoms with Gasteiger partial charge in [-0.1, -0.05) is 25.9 Å². The van der Waals surface area contributed by atoms with Gasteiger partial charge >= 0.3 is 0 Å². The van der Waals surface area contributed by atoms with E-state index in [1.54, 1.807) is 0 Å². The summed E-state index contributed by atoms with van der Waals surface area (Å²) < 4.78 is 11.0. The number of likely N-dealkylation sites (tertiary alicyclic amines) is 1. The van der Waals surface area contributed by atoms with Gasteiger partial charge in [-0.25, -0.2) is 4.98 Å². The molecule has 0 radical (unpaired) electrons. The molecule has 1 aliphatic rings. The van der Waals surface area contributed by atoms with Crippen molar-refractivity contribution in [2.75, 3.05) is 20.1 Å². The number of aryl methyl sites for hydroxylation is 1. The molecule has 138 valence electrons. The van der Waals surface area contributed by atoms with Gasteiger partial charge in [0.2, 0.25) is 11.8 Å². The molecule has 1 aliphatic heterocycles. The Hall–Kier alpha value is -1.73. The Morgan fingerprint density at radius 3 is 2.80 bits per heavy atom. The largest absolute Gasteiger partial charge is 0.444 e. The molecular weight excluding hydrogens is 318 g/mol. The van der Waals surface area contributed by atoms with Crippen LogP contribution in [0.2, 0.25) is 0 Å². The maximum absolute atomic E-state index is 5.94. The van der Waals surface area contributed by atoms with Crippen molar-refractivity contribution in [3.8, 4) is 0 Å². The third-order valence-corrected chi connectivity index (χ3v) is 4.72. The summed E-state index contributed by atoms with van der Waals surface area (Å²) in [4.78, 5) is 13.5. The molecule has 0 spiro atoms. The van der Waals surface area contributed by atoms with Crippen molar-refractivity contribution in [1.82, 2.24) is 24.9 Å². The molecule has 7 heteroatoms. The van der Waals surface area contributed by atoms with E-state index in [0.29, 0.717) is 11.9 Å². The van der Waals surface area contributed by atoms with Crippen molar-refractivity contribution in [3.05, 3.63) is 29.6 Å². The van der Waals surface area contributed by atoms with E-state index >= 15 is 0 Å². The van der Waals surface area contributed by atoms with Crippen LogP contribution in [0.5, 0.6) is 0 Å². The third-order valence-electron chi connectivity index (χ3n) is 4.72. The molecule has 0 aliphatic carbocycles. The van der Waals surface area contributed by atoms with Gasteiger partial charge in [0.25, 0.3) is 0 Å². The van der Waals surface area contributed by atoms with Gasteiger partial charge in [-0.3, -0.25) is 9.80 Å². The second-order valence-electron chi connectivity index (χ2n) is 8.04. The van der Waals surface area contributed by atoms with E-state index in [2.05, 4.69) is 52.7 Å². The molecule has 1 atom stereocenters. The predicted molar refractivity (Wildman–Crippen MR) is 94.0 cm³/mol. The lowest BCUT2D eigenvalue weighted by Gasteiger charge is -2.36. The van der Waals surface area contributed by atoms with Crippen molar-refractivity contribution in [3.63, 3.8) is 0 Å². The van der Waals surface area contributed by atoms with Crippen molar-refractivity contribution < 1.29 is 8.94 Å². The predicted octanol–water partition coefficient (Wildman–Crippen LogP) is 2.76. The van der Waals surface area contributed by atoms with Gasteiger partial charge in [0.05, 0.1) is 19.3 Å². The molecule has 0 N–H and O–H groups in total. The molecule has 2 aromatic rings. The third kappa shape index (κ3) is 4.67. The second-order valence-corrected chi connectivity index (χ2v) is 8.04. The molecule has 0 unspecified atom stereocenters. The first kappa shape index (κ1) is 18.1. The maximum atomic E-state index is 5.94. The quantitative estimate of drug-likeness (QED) is 0.823. The average molecular weight is 347 g/mol. The van der Waals surface area contributed by atoms with Crippen LogP contribution in [0.1, 0.15) is 57.0 Å². The first-order valence-corrected chi connectivity index (χ1v) is 8.98. The zero-order valence-corrected chi connectivity index (χ0v) is 15.9. The highest BCUT2D eigenvalue weighted by Crippen LogP contribution is 2.24. The lowest BCUT2D eigenvalue weighted by atomic mass is 9.94. The normalized spacial score (nSPS) is 19.7.